The van der Waals surface area contributed by atoms with E-state index < -0.39 is 11.4 Å². The van der Waals surface area contributed by atoms with Gasteiger partial charge >= 0.3 is 6.09 Å². The summed E-state index contributed by atoms with van der Waals surface area (Å²) < 4.78 is 39.5. The zero-order chi connectivity index (χ0) is 31.4. The summed E-state index contributed by atoms with van der Waals surface area (Å²) in [5.41, 5.74) is 2.66. The van der Waals surface area contributed by atoms with Crippen molar-refractivity contribution < 1.29 is 28.1 Å². The van der Waals surface area contributed by atoms with Gasteiger partial charge in [-0.25, -0.2) is 9.18 Å². The quantitative estimate of drug-likeness (QED) is 0.218. The van der Waals surface area contributed by atoms with Gasteiger partial charge in [0.2, 0.25) is 11.8 Å². The number of benzene rings is 3. The van der Waals surface area contributed by atoms with Crippen LogP contribution < -0.4 is 19.5 Å². The zero-order valence-electron chi connectivity index (χ0n) is 25.8. The number of amides is 1. The molecule has 234 valence electrons. The molecule has 4 aromatic rings. The molecule has 1 spiro atoms. The van der Waals surface area contributed by atoms with Crippen molar-refractivity contribution in [3.63, 3.8) is 0 Å². The second-order valence-electron chi connectivity index (χ2n) is 12.5. The Bertz CT molecular complexity index is 1630. The molecule has 45 heavy (non-hydrogen) atoms. The van der Waals surface area contributed by atoms with E-state index in [0.29, 0.717) is 56.5 Å². The number of fused-ring (bicyclic) bond motifs is 2. The Morgan fingerprint density at radius 2 is 1.56 bits per heavy atom. The van der Waals surface area contributed by atoms with E-state index in [-0.39, 0.29) is 29.7 Å². The number of carbonyl (C=O) groups excluding carboxylic acids is 1. The number of anilines is 2. The minimum atomic E-state index is -0.556. The summed E-state index contributed by atoms with van der Waals surface area (Å²) in [6.07, 6.45) is 1.01. The molecule has 0 unspecified atom stereocenters. The first-order valence-electron chi connectivity index (χ1n) is 15.2. The molecule has 3 aromatic carbocycles. The van der Waals surface area contributed by atoms with E-state index in [0.717, 1.165) is 16.7 Å². The Balaban J connectivity index is 1.19. The first-order chi connectivity index (χ1) is 21.7. The maximum Gasteiger partial charge on any atom is 0.410 e. The number of carbonyl (C=O) groups is 1. The van der Waals surface area contributed by atoms with Crippen LogP contribution in [0.15, 0.2) is 84.9 Å². The van der Waals surface area contributed by atoms with Crippen LogP contribution in [0.1, 0.15) is 50.3 Å². The number of pyridine rings is 1. The van der Waals surface area contributed by atoms with Gasteiger partial charge in [0, 0.05) is 36.2 Å². The summed E-state index contributed by atoms with van der Waals surface area (Å²) in [7, 11) is 0. The molecule has 2 aliphatic rings. The van der Waals surface area contributed by atoms with Crippen molar-refractivity contribution in [1.29, 1.82) is 0 Å². The van der Waals surface area contributed by atoms with Crippen LogP contribution in [-0.4, -0.2) is 41.3 Å². The van der Waals surface area contributed by atoms with Crippen LogP contribution in [0.3, 0.4) is 0 Å². The van der Waals surface area contributed by atoms with Gasteiger partial charge < -0.3 is 29.2 Å². The van der Waals surface area contributed by atoms with Crippen molar-refractivity contribution >= 4 is 17.5 Å². The van der Waals surface area contributed by atoms with Gasteiger partial charge in [-0.05, 0) is 56.9 Å². The smallest absolute Gasteiger partial charge is 0.410 e. The second-order valence-corrected chi connectivity index (χ2v) is 12.5. The summed E-state index contributed by atoms with van der Waals surface area (Å²) >= 11 is 0. The number of halogens is 1. The monoisotopic (exact) mass is 611 g/mol. The van der Waals surface area contributed by atoms with Gasteiger partial charge in [0.05, 0.1) is 12.3 Å². The summed E-state index contributed by atoms with van der Waals surface area (Å²) in [5.74, 6) is 0.903. The number of nitrogens with one attached hydrogen (secondary N) is 1. The van der Waals surface area contributed by atoms with Crippen molar-refractivity contribution in [2.75, 3.05) is 25.0 Å². The fourth-order valence-electron chi connectivity index (χ4n) is 5.65. The van der Waals surface area contributed by atoms with Crippen LogP contribution in [0.4, 0.5) is 20.6 Å². The third-order valence-electron chi connectivity index (χ3n) is 8.07. The number of aromatic nitrogens is 1. The summed E-state index contributed by atoms with van der Waals surface area (Å²) in [6.45, 7) is 7.68. The molecule has 3 heterocycles. The number of hydrogen-bond donors (Lipinski definition) is 1. The molecule has 0 bridgehead atoms. The highest BCUT2D eigenvalue weighted by atomic mass is 19.1. The Hall–Kier alpha value is -4.79. The van der Waals surface area contributed by atoms with E-state index in [4.69, 9.17) is 18.9 Å². The number of ether oxygens (including phenoxy) is 4. The molecule has 1 amide bonds. The largest absolute Gasteiger partial charge is 0.492 e. The Morgan fingerprint density at radius 3 is 2.20 bits per heavy atom. The first kappa shape index (κ1) is 30.2. The SMILES string of the molecule is CC(C)(C)OC(=O)N1CCC2(CC1)COc1cc(Nc3ccc(OCc4ccccc4)nc3OCc3ccccc3)c(F)cc12. The summed E-state index contributed by atoms with van der Waals surface area (Å²) in [6, 6.07) is 26.4. The Morgan fingerprint density at radius 1 is 0.911 bits per heavy atom. The molecule has 1 aromatic heterocycles. The highest BCUT2D eigenvalue weighted by molar-refractivity contribution is 5.69. The number of hydrogen-bond acceptors (Lipinski definition) is 7. The molecular weight excluding hydrogens is 573 g/mol. The topological polar surface area (TPSA) is 82.2 Å². The molecule has 1 saturated heterocycles. The lowest BCUT2D eigenvalue weighted by Crippen LogP contribution is -2.47. The van der Waals surface area contributed by atoms with Gasteiger partial charge in [0.1, 0.15) is 36.1 Å². The molecule has 8 nitrogen and oxygen atoms in total. The highest BCUT2D eigenvalue weighted by Crippen LogP contribution is 2.47. The first-order valence-corrected chi connectivity index (χ1v) is 15.2. The van der Waals surface area contributed by atoms with Gasteiger partial charge in [-0.1, -0.05) is 60.7 Å². The van der Waals surface area contributed by atoms with E-state index >= 15 is 4.39 Å². The summed E-state index contributed by atoms with van der Waals surface area (Å²) in [5, 5.41) is 3.18. The molecule has 0 saturated carbocycles. The lowest BCUT2D eigenvalue weighted by Gasteiger charge is -2.38. The Kier molecular flexibility index (Phi) is 8.52. The average Bonchev–Trinajstić information content (AvgIpc) is 3.36. The predicted octanol–water partition coefficient (Wildman–Crippen LogP) is 7.78. The maximum atomic E-state index is 15.7. The van der Waals surface area contributed by atoms with Crippen molar-refractivity contribution in [3.8, 4) is 17.5 Å². The molecule has 1 N–H and O–H groups in total. The van der Waals surface area contributed by atoms with Crippen molar-refractivity contribution in [3.05, 3.63) is 107 Å². The van der Waals surface area contributed by atoms with E-state index in [2.05, 4.69) is 10.3 Å². The van der Waals surface area contributed by atoms with E-state index in [9.17, 15) is 4.79 Å². The maximum absolute atomic E-state index is 15.7. The van der Waals surface area contributed by atoms with Crippen LogP contribution >= 0.6 is 0 Å². The van der Waals surface area contributed by atoms with Crippen LogP contribution in [0.5, 0.6) is 17.5 Å². The minimum Gasteiger partial charge on any atom is -0.492 e. The molecule has 0 radical (unpaired) electrons. The fraction of sp³-hybridized carbons (Fsp3) is 0.333. The van der Waals surface area contributed by atoms with Crippen LogP contribution in [0.25, 0.3) is 0 Å². The molecule has 0 aliphatic carbocycles. The van der Waals surface area contributed by atoms with Gasteiger partial charge in [-0.3, -0.25) is 0 Å². The average molecular weight is 612 g/mol. The van der Waals surface area contributed by atoms with Crippen molar-refractivity contribution in [2.24, 2.45) is 0 Å². The molecule has 6 rings (SSSR count). The molecule has 0 atom stereocenters. The van der Waals surface area contributed by atoms with Crippen molar-refractivity contribution in [1.82, 2.24) is 9.88 Å². The number of piperidine rings is 1. The lowest BCUT2D eigenvalue weighted by molar-refractivity contribution is 0.0152. The highest BCUT2D eigenvalue weighted by Gasteiger charge is 2.45. The van der Waals surface area contributed by atoms with Gasteiger partial charge in [-0.2, -0.15) is 4.98 Å². The number of nitrogens with zero attached hydrogens (tertiary/aromatic N) is 2. The van der Waals surface area contributed by atoms with E-state index in [1.807, 2.05) is 81.4 Å². The van der Waals surface area contributed by atoms with E-state index in [1.165, 1.54) is 0 Å². The fourth-order valence-corrected chi connectivity index (χ4v) is 5.65. The normalized spacial score (nSPS) is 15.2. The lowest BCUT2D eigenvalue weighted by atomic mass is 9.74. The van der Waals surface area contributed by atoms with Gasteiger partial charge in [0.15, 0.2) is 0 Å². The molecule has 1 fully saturated rings. The van der Waals surface area contributed by atoms with Crippen LogP contribution in [0, 0.1) is 5.82 Å². The zero-order valence-corrected chi connectivity index (χ0v) is 25.8. The number of rotatable bonds is 8. The standard InChI is InChI=1S/C36H38FN3O5/c1-35(2,3)45-34(41)40-18-16-36(17-19-40)24-44-31-21-30(28(37)20-27(31)36)38-29-14-15-32(42-22-25-10-6-4-7-11-25)39-33(29)43-23-26-12-8-5-9-13-26/h4-15,20-21,38H,16-19,22-24H2,1-3H3. The van der Waals surface area contributed by atoms with Crippen LogP contribution in [-0.2, 0) is 23.4 Å². The van der Waals surface area contributed by atoms with E-state index in [1.54, 1.807) is 29.2 Å². The van der Waals surface area contributed by atoms with Gasteiger partial charge in [-0.15, -0.1) is 0 Å². The molecular formula is C36H38FN3O5. The predicted molar refractivity (Wildman–Crippen MR) is 170 cm³/mol. The third kappa shape index (κ3) is 7.14. The molecule has 9 heteroatoms. The number of likely N-dealkylation sites (tertiary alicyclic amines) is 1. The summed E-state index contributed by atoms with van der Waals surface area (Å²) in [4.78, 5) is 18.9. The van der Waals surface area contributed by atoms with Gasteiger partial charge in [0.25, 0.3) is 0 Å². The molecule has 2 aliphatic heterocycles. The van der Waals surface area contributed by atoms with Crippen molar-refractivity contribution in [2.45, 2.75) is 57.8 Å². The van der Waals surface area contributed by atoms with Crippen LogP contribution in [0.2, 0.25) is 0 Å². The third-order valence-corrected chi connectivity index (χ3v) is 8.07. The minimum absolute atomic E-state index is 0.251. The second kappa shape index (κ2) is 12.7. The Labute approximate surface area is 263 Å².